The monoisotopic (exact) mass is 349 g/mol. The summed E-state index contributed by atoms with van der Waals surface area (Å²) in [4.78, 5) is 14.6. The molecule has 6 heteroatoms. The summed E-state index contributed by atoms with van der Waals surface area (Å²) < 4.78 is 15.8. The lowest BCUT2D eigenvalue weighted by atomic mass is 10.0. The van der Waals surface area contributed by atoms with Crippen molar-refractivity contribution in [2.24, 2.45) is 0 Å². The van der Waals surface area contributed by atoms with E-state index in [1.165, 1.54) is 6.07 Å². The average molecular weight is 349 g/mol. The summed E-state index contributed by atoms with van der Waals surface area (Å²) in [5.74, 6) is -0.168. The average Bonchev–Trinajstić information content (AvgIpc) is 3.28. The van der Waals surface area contributed by atoms with Crippen LogP contribution in [0, 0.1) is 5.82 Å². The van der Waals surface area contributed by atoms with Crippen LogP contribution in [0.3, 0.4) is 0 Å². The van der Waals surface area contributed by atoms with Gasteiger partial charge in [0, 0.05) is 30.7 Å². The van der Waals surface area contributed by atoms with E-state index in [1.807, 2.05) is 24.8 Å². The molecule has 0 amide bonds. The third-order valence-corrected chi connectivity index (χ3v) is 5.29. The summed E-state index contributed by atoms with van der Waals surface area (Å²) in [6, 6.07) is 9.33. The molecule has 0 spiro atoms. The van der Waals surface area contributed by atoms with Gasteiger partial charge in [-0.05, 0) is 43.1 Å². The highest BCUT2D eigenvalue weighted by Crippen LogP contribution is 2.29. The van der Waals surface area contributed by atoms with Gasteiger partial charge < -0.3 is 9.55 Å². The van der Waals surface area contributed by atoms with Crippen molar-refractivity contribution in [3.05, 3.63) is 60.4 Å². The van der Waals surface area contributed by atoms with Crippen LogP contribution in [0.5, 0.6) is 0 Å². The van der Waals surface area contributed by atoms with Crippen LogP contribution in [-0.2, 0) is 6.54 Å². The second-order valence-electron chi connectivity index (χ2n) is 7.04. The predicted molar refractivity (Wildman–Crippen MR) is 99.3 cm³/mol. The number of likely N-dealkylation sites (tertiary alicyclic amines) is 1. The summed E-state index contributed by atoms with van der Waals surface area (Å²) in [6.07, 6.45) is 7.94. The van der Waals surface area contributed by atoms with Gasteiger partial charge in [0.2, 0.25) is 0 Å². The van der Waals surface area contributed by atoms with Gasteiger partial charge in [0.15, 0.2) is 0 Å². The first-order valence-corrected chi connectivity index (χ1v) is 9.03. The lowest BCUT2D eigenvalue weighted by Gasteiger charge is -2.33. The van der Waals surface area contributed by atoms with Crippen LogP contribution >= 0.6 is 0 Å². The van der Waals surface area contributed by atoms with Gasteiger partial charge in [0.05, 0.1) is 18.0 Å². The lowest BCUT2D eigenvalue weighted by Crippen LogP contribution is -2.36. The van der Waals surface area contributed by atoms with Gasteiger partial charge >= 0.3 is 0 Å². The Kier molecular flexibility index (Phi) is 3.71. The molecule has 0 unspecified atom stereocenters. The van der Waals surface area contributed by atoms with Crippen molar-refractivity contribution in [1.29, 1.82) is 0 Å². The number of aromatic amines is 1. The van der Waals surface area contributed by atoms with E-state index in [0.29, 0.717) is 6.04 Å². The number of nitrogens with zero attached hydrogens (tertiary/aromatic N) is 4. The molecule has 1 aliphatic rings. The van der Waals surface area contributed by atoms with Crippen molar-refractivity contribution in [2.45, 2.75) is 25.4 Å². The number of aromatic nitrogens is 4. The number of piperidine rings is 1. The molecule has 0 radical (unpaired) electrons. The van der Waals surface area contributed by atoms with Crippen LogP contribution in [-0.4, -0.2) is 37.5 Å². The molecule has 0 bridgehead atoms. The van der Waals surface area contributed by atoms with Gasteiger partial charge in [-0.1, -0.05) is 12.1 Å². The summed E-state index contributed by atoms with van der Waals surface area (Å²) in [7, 11) is 0. The molecular formula is C20H20FN5. The fourth-order valence-electron chi connectivity index (χ4n) is 4.10. The molecule has 0 saturated carbocycles. The molecule has 1 saturated heterocycles. The molecule has 1 N–H and O–H groups in total. The van der Waals surface area contributed by atoms with Gasteiger partial charge in [0.25, 0.3) is 0 Å². The SMILES string of the molecule is Fc1cccc(CN2CCC[C@@H](n3cnc4cnc5[nH]ccc5c43)C2)c1. The van der Waals surface area contributed by atoms with E-state index in [0.717, 1.165) is 60.1 Å². The number of pyridine rings is 1. The fraction of sp³-hybridized carbons (Fsp3) is 0.300. The van der Waals surface area contributed by atoms with Crippen LogP contribution in [0.25, 0.3) is 22.1 Å². The van der Waals surface area contributed by atoms with Crippen LogP contribution in [0.15, 0.2) is 49.1 Å². The Morgan fingerprint density at radius 3 is 3.12 bits per heavy atom. The van der Waals surface area contributed by atoms with E-state index < -0.39 is 0 Å². The fourth-order valence-corrected chi connectivity index (χ4v) is 4.10. The first-order valence-electron chi connectivity index (χ1n) is 9.03. The number of halogens is 1. The topological polar surface area (TPSA) is 49.7 Å². The number of H-pyrrole nitrogens is 1. The molecule has 1 aliphatic heterocycles. The smallest absolute Gasteiger partial charge is 0.139 e. The van der Waals surface area contributed by atoms with Gasteiger partial charge in [-0.15, -0.1) is 0 Å². The quantitative estimate of drug-likeness (QED) is 0.610. The molecule has 132 valence electrons. The van der Waals surface area contributed by atoms with E-state index in [-0.39, 0.29) is 5.82 Å². The Bertz CT molecular complexity index is 1070. The molecule has 0 aliphatic carbocycles. The zero-order valence-electron chi connectivity index (χ0n) is 14.4. The molecule has 1 aromatic carbocycles. The van der Waals surface area contributed by atoms with Gasteiger partial charge in [-0.25, -0.2) is 14.4 Å². The molecule has 26 heavy (non-hydrogen) atoms. The van der Waals surface area contributed by atoms with E-state index in [4.69, 9.17) is 0 Å². The van der Waals surface area contributed by atoms with Crippen LogP contribution < -0.4 is 0 Å². The summed E-state index contributed by atoms with van der Waals surface area (Å²) >= 11 is 0. The minimum atomic E-state index is -0.168. The van der Waals surface area contributed by atoms with Crippen molar-refractivity contribution >= 4 is 22.1 Å². The van der Waals surface area contributed by atoms with E-state index >= 15 is 0 Å². The number of hydrogen-bond acceptors (Lipinski definition) is 3. The predicted octanol–water partition coefficient (Wildman–Crippen LogP) is 3.89. The summed E-state index contributed by atoms with van der Waals surface area (Å²) in [5, 5.41) is 1.11. The van der Waals surface area contributed by atoms with Crippen LogP contribution in [0.2, 0.25) is 0 Å². The Hall–Kier alpha value is -2.73. The highest BCUT2D eigenvalue weighted by molar-refractivity contribution is 6.00. The van der Waals surface area contributed by atoms with Crippen molar-refractivity contribution in [2.75, 3.05) is 13.1 Å². The van der Waals surface area contributed by atoms with Crippen LogP contribution in [0.1, 0.15) is 24.4 Å². The highest BCUT2D eigenvalue weighted by atomic mass is 19.1. The second-order valence-corrected chi connectivity index (χ2v) is 7.04. The normalized spacial score (nSPS) is 18.7. The van der Waals surface area contributed by atoms with Crippen molar-refractivity contribution in [3.63, 3.8) is 0 Å². The van der Waals surface area contributed by atoms with Crippen LogP contribution in [0.4, 0.5) is 4.39 Å². The Morgan fingerprint density at radius 1 is 1.23 bits per heavy atom. The van der Waals surface area contributed by atoms with E-state index in [2.05, 4.69) is 30.5 Å². The Labute approximate surface area is 150 Å². The largest absolute Gasteiger partial charge is 0.346 e. The third kappa shape index (κ3) is 2.66. The highest BCUT2D eigenvalue weighted by Gasteiger charge is 2.23. The number of imidazole rings is 1. The number of nitrogens with one attached hydrogen (secondary N) is 1. The van der Waals surface area contributed by atoms with Crippen molar-refractivity contribution in [1.82, 2.24) is 24.4 Å². The molecule has 3 aromatic heterocycles. The first kappa shape index (κ1) is 15.5. The third-order valence-electron chi connectivity index (χ3n) is 5.29. The minimum Gasteiger partial charge on any atom is -0.346 e. The van der Waals surface area contributed by atoms with Crippen molar-refractivity contribution in [3.8, 4) is 0 Å². The number of fused-ring (bicyclic) bond motifs is 3. The zero-order chi connectivity index (χ0) is 17.5. The number of hydrogen-bond donors (Lipinski definition) is 1. The molecule has 5 rings (SSSR count). The molecule has 1 atom stereocenters. The lowest BCUT2D eigenvalue weighted by molar-refractivity contribution is 0.172. The van der Waals surface area contributed by atoms with Gasteiger partial charge in [-0.3, -0.25) is 4.90 Å². The van der Waals surface area contributed by atoms with E-state index in [9.17, 15) is 4.39 Å². The second kappa shape index (κ2) is 6.21. The standard InChI is InChI=1S/C20H20FN5/c21-15-4-1-3-14(9-15)11-25-8-2-5-16(12-25)26-13-24-18-10-23-20-17(19(18)26)6-7-22-20/h1,3-4,6-7,9-10,13,16H,2,5,8,11-12H2,(H,22,23)/t16-/m1/s1. The Morgan fingerprint density at radius 2 is 2.19 bits per heavy atom. The first-order chi connectivity index (χ1) is 12.8. The molecule has 1 fully saturated rings. The maximum absolute atomic E-state index is 13.5. The van der Waals surface area contributed by atoms with Gasteiger partial charge in [0.1, 0.15) is 17.0 Å². The number of rotatable bonds is 3. The maximum atomic E-state index is 13.5. The molecular weight excluding hydrogens is 329 g/mol. The molecule has 5 nitrogen and oxygen atoms in total. The van der Waals surface area contributed by atoms with Crippen molar-refractivity contribution < 1.29 is 4.39 Å². The summed E-state index contributed by atoms with van der Waals surface area (Å²) in [6.45, 7) is 2.76. The summed E-state index contributed by atoms with van der Waals surface area (Å²) in [5.41, 5.74) is 4.00. The van der Waals surface area contributed by atoms with Gasteiger partial charge in [-0.2, -0.15) is 0 Å². The van der Waals surface area contributed by atoms with E-state index in [1.54, 1.807) is 12.1 Å². The Balaban J connectivity index is 1.45. The molecule has 4 aromatic rings. The minimum absolute atomic E-state index is 0.168. The number of benzene rings is 1. The maximum Gasteiger partial charge on any atom is 0.139 e. The molecule has 4 heterocycles. The zero-order valence-corrected chi connectivity index (χ0v) is 14.4.